The molecule has 2 heterocycles. The summed E-state index contributed by atoms with van der Waals surface area (Å²) >= 11 is 6.01. The van der Waals surface area contributed by atoms with Gasteiger partial charge in [-0.25, -0.2) is 0 Å². The molecule has 1 aromatic heterocycles. The highest BCUT2D eigenvalue weighted by Gasteiger charge is 2.27. The highest BCUT2D eigenvalue weighted by Crippen LogP contribution is 2.34. The van der Waals surface area contributed by atoms with Crippen LogP contribution in [0.5, 0.6) is 11.5 Å². The van der Waals surface area contributed by atoms with Gasteiger partial charge in [-0.15, -0.1) is 0 Å². The van der Waals surface area contributed by atoms with Gasteiger partial charge in [-0.05, 0) is 36.4 Å². The van der Waals surface area contributed by atoms with Crippen molar-refractivity contribution < 1.29 is 18.7 Å². The number of carbonyl (C=O) groups excluding carboxylic acids is 1. The van der Waals surface area contributed by atoms with Gasteiger partial charge >= 0.3 is 0 Å². The van der Waals surface area contributed by atoms with E-state index in [4.69, 9.17) is 25.5 Å². The van der Waals surface area contributed by atoms with Gasteiger partial charge in [-0.2, -0.15) is 10.2 Å². The first-order chi connectivity index (χ1) is 15.5. The maximum absolute atomic E-state index is 12.8. The maximum Gasteiger partial charge on any atom is 0.254 e. The van der Waals surface area contributed by atoms with Crippen LogP contribution in [0, 0.1) is 11.3 Å². The van der Waals surface area contributed by atoms with Crippen molar-refractivity contribution in [2.75, 3.05) is 45.3 Å². The van der Waals surface area contributed by atoms with Crippen LogP contribution in [0.3, 0.4) is 0 Å². The first-order valence-corrected chi connectivity index (χ1v) is 10.3. The minimum absolute atomic E-state index is 0.0729. The monoisotopic (exact) mass is 452 g/mol. The topological polar surface area (TPSA) is 91.8 Å². The zero-order valence-electron chi connectivity index (χ0n) is 17.7. The van der Waals surface area contributed by atoms with Gasteiger partial charge in [0.1, 0.15) is 6.07 Å². The molecule has 0 unspecified atom stereocenters. The number of ether oxygens (including phenoxy) is 2. The number of nitrogens with zero attached hydrogens (tertiary/aromatic N) is 4. The van der Waals surface area contributed by atoms with E-state index in [1.807, 2.05) is 4.90 Å². The van der Waals surface area contributed by atoms with Gasteiger partial charge in [0.15, 0.2) is 11.5 Å². The normalized spacial score (nSPS) is 13.6. The summed E-state index contributed by atoms with van der Waals surface area (Å²) in [6, 6.07) is 14.3. The Balaban J connectivity index is 1.51. The Morgan fingerprint density at radius 1 is 1.09 bits per heavy atom. The van der Waals surface area contributed by atoms with Crippen LogP contribution < -0.4 is 14.4 Å². The van der Waals surface area contributed by atoms with Crippen molar-refractivity contribution in [2.24, 2.45) is 0 Å². The van der Waals surface area contributed by atoms with Gasteiger partial charge in [-0.3, -0.25) is 4.79 Å². The lowest BCUT2D eigenvalue weighted by atomic mass is 10.2. The SMILES string of the molecule is COc1ccc(-c2nc(C#N)c(N3CCN(C(=O)c4cccc(Cl)c4)CC3)o2)cc1OC. The van der Waals surface area contributed by atoms with E-state index in [1.54, 1.807) is 61.6 Å². The molecular weight excluding hydrogens is 432 g/mol. The van der Waals surface area contributed by atoms with Crippen molar-refractivity contribution in [2.45, 2.75) is 0 Å². The van der Waals surface area contributed by atoms with E-state index >= 15 is 0 Å². The molecule has 164 valence electrons. The number of methoxy groups -OCH3 is 2. The van der Waals surface area contributed by atoms with E-state index in [1.165, 1.54) is 0 Å². The van der Waals surface area contributed by atoms with Crippen LogP contribution >= 0.6 is 11.6 Å². The van der Waals surface area contributed by atoms with E-state index in [0.29, 0.717) is 65.6 Å². The van der Waals surface area contributed by atoms with Crippen molar-refractivity contribution >= 4 is 23.4 Å². The molecule has 1 amide bonds. The van der Waals surface area contributed by atoms with Gasteiger partial charge in [-0.1, -0.05) is 17.7 Å². The van der Waals surface area contributed by atoms with Gasteiger partial charge < -0.3 is 23.7 Å². The third-order valence-electron chi connectivity index (χ3n) is 5.27. The predicted octanol–water partition coefficient (Wildman–Crippen LogP) is 3.85. The molecule has 4 rings (SSSR count). The van der Waals surface area contributed by atoms with Crippen molar-refractivity contribution in [3.63, 3.8) is 0 Å². The van der Waals surface area contributed by atoms with Gasteiger partial charge in [0.2, 0.25) is 17.5 Å². The average Bonchev–Trinajstić information content (AvgIpc) is 3.27. The Morgan fingerprint density at radius 3 is 2.50 bits per heavy atom. The fourth-order valence-electron chi connectivity index (χ4n) is 3.61. The van der Waals surface area contributed by atoms with Gasteiger partial charge in [0.25, 0.3) is 5.91 Å². The van der Waals surface area contributed by atoms with Crippen LogP contribution in [0.15, 0.2) is 46.9 Å². The fourth-order valence-corrected chi connectivity index (χ4v) is 3.80. The molecule has 0 N–H and O–H groups in total. The summed E-state index contributed by atoms with van der Waals surface area (Å²) < 4.78 is 16.6. The Bertz CT molecular complexity index is 1180. The Hall–Kier alpha value is -3.70. The summed E-state index contributed by atoms with van der Waals surface area (Å²) in [5, 5.41) is 10.1. The van der Waals surface area contributed by atoms with Crippen molar-refractivity contribution in [3.05, 3.63) is 58.7 Å². The van der Waals surface area contributed by atoms with Crippen LogP contribution in [0.4, 0.5) is 5.88 Å². The number of oxazole rings is 1. The lowest BCUT2D eigenvalue weighted by molar-refractivity contribution is 0.0745. The molecule has 1 aliphatic heterocycles. The molecule has 0 saturated carbocycles. The molecule has 0 spiro atoms. The molecular formula is C23H21ClN4O4. The van der Waals surface area contributed by atoms with E-state index < -0.39 is 0 Å². The molecule has 0 bridgehead atoms. The molecule has 8 nitrogen and oxygen atoms in total. The second kappa shape index (κ2) is 9.20. The number of benzene rings is 2. The minimum Gasteiger partial charge on any atom is -0.493 e. The number of hydrogen-bond acceptors (Lipinski definition) is 7. The zero-order chi connectivity index (χ0) is 22.7. The van der Waals surface area contributed by atoms with Crippen LogP contribution in [-0.4, -0.2) is 56.2 Å². The first-order valence-electron chi connectivity index (χ1n) is 9.97. The third kappa shape index (κ3) is 4.20. The third-order valence-corrected chi connectivity index (χ3v) is 5.51. The molecule has 32 heavy (non-hydrogen) atoms. The van der Waals surface area contributed by atoms with E-state index in [2.05, 4.69) is 11.1 Å². The second-order valence-corrected chi connectivity index (χ2v) is 7.58. The highest BCUT2D eigenvalue weighted by molar-refractivity contribution is 6.30. The van der Waals surface area contributed by atoms with Crippen LogP contribution in [-0.2, 0) is 0 Å². The highest BCUT2D eigenvalue weighted by atomic mass is 35.5. The summed E-state index contributed by atoms with van der Waals surface area (Å²) in [6.07, 6.45) is 0. The van der Waals surface area contributed by atoms with Crippen LogP contribution in [0.1, 0.15) is 16.1 Å². The molecule has 1 fully saturated rings. The van der Waals surface area contributed by atoms with E-state index in [-0.39, 0.29) is 11.6 Å². The quantitative estimate of drug-likeness (QED) is 0.580. The van der Waals surface area contributed by atoms with Crippen molar-refractivity contribution in [3.8, 4) is 29.0 Å². The maximum atomic E-state index is 12.8. The molecule has 1 saturated heterocycles. The summed E-state index contributed by atoms with van der Waals surface area (Å²) in [6.45, 7) is 2.01. The standard InChI is InChI=1S/C23H21ClN4O4/c1-30-19-7-6-15(13-20(19)31-2)21-26-18(14-25)23(32-21)28-10-8-27(9-11-28)22(29)16-4-3-5-17(24)12-16/h3-7,12-13H,8-11H2,1-2H3. The zero-order valence-corrected chi connectivity index (χ0v) is 18.4. The van der Waals surface area contributed by atoms with Crippen LogP contribution in [0.2, 0.25) is 5.02 Å². The lowest BCUT2D eigenvalue weighted by Crippen LogP contribution is -2.48. The first kappa shape index (κ1) is 21.5. The smallest absolute Gasteiger partial charge is 0.254 e. The molecule has 0 aliphatic carbocycles. The molecule has 1 aliphatic rings. The summed E-state index contributed by atoms with van der Waals surface area (Å²) in [4.78, 5) is 20.8. The number of amides is 1. The number of carbonyl (C=O) groups is 1. The molecule has 9 heteroatoms. The number of piperazine rings is 1. The van der Waals surface area contributed by atoms with Gasteiger partial charge in [0.05, 0.1) is 14.2 Å². The van der Waals surface area contributed by atoms with Gasteiger partial charge in [0, 0.05) is 42.3 Å². The second-order valence-electron chi connectivity index (χ2n) is 7.14. The summed E-state index contributed by atoms with van der Waals surface area (Å²) in [5.74, 6) is 1.76. The molecule has 2 aromatic carbocycles. The Labute approximate surface area is 190 Å². The number of aromatic nitrogens is 1. The summed E-state index contributed by atoms with van der Waals surface area (Å²) in [5.41, 5.74) is 1.42. The molecule has 0 atom stereocenters. The average molecular weight is 453 g/mol. The minimum atomic E-state index is -0.0729. The number of anilines is 1. The van der Waals surface area contributed by atoms with Crippen LogP contribution in [0.25, 0.3) is 11.5 Å². The fraction of sp³-hybridized carbons (Fsp3) is 0.261. The van der Waals surface area contributed by atoms with Crippen molar-refractivity contribution in [1.29, 1.82) is 5.26 Å². The number of rotatable bonds is 5. The molecule has 0 radical (unpaired) electrons. The van der Waals surface area contributed by atoms with E-state index in [0.717, 1.165) is 0 Å². The van der Waals surface area contributed by atoms with E-state index in [9.17, 15) is 10.1 Å². The number of nitriles is 1. The number of hydrogen-bond donors (Lipinski definition) is 0. The predicted molar refractivity (Wildman–Crippen MR) is 119 cm³/mol. The molecule has 3 aromatic rings. The Morgan fingerprint density at radius 2 is 1.84 bits per heavy atom. The number of halogens is 1. The largest absolute Gasteiger partial charge is 0.493 e. The summed E-state index contributed by atoms with van der Waals surface area (Å²) in [7, 11) is 3.11. The van der Waals surface area contributed by atoms with Crippen molar-refractivity contribution in [1.82, 2.24) is 9.88 Å². The lowest BCUT2D eigenvalue weighted by Gasteiger charge is -2.34. The Kier molecular flexibility index (Phi) is 6.19.